The third-order valence-corrected chi connectivity index (χ3v) is 6.51. The molecule has 18 heavy (non-hydrogen) atoms. The van der Waals surface area contributed by atoms with Crippen LogP contribution in [0.5, 0.6) is 0 Å². The van der Waals surface area contributed by atoms with E-state index in [1.54, 1.807) is 17.8 Å². The predicted molar refractivity (Wildman–Crippen MR) is 78.0 cm³/mol. The summed E-state index contributed by atoms with van der Waals surface area (Å²) in [7, 11) is 0. The Morgan fingerprint density at radius 3 is 3.06 bits per heavy atom. The lowest BCUT2D eigenvalue weighted by atomic mass is 10.0. The van der Waals surface area contributed by atoms with Gasteiger partial charge in [-0.3, -0.25) is 0 Å². The van der Waals surface area contributed by atoms with Gasteiger partial charge < -0.3 is 5.32 Å². The molecule has 4 heteroatoms. The van der Waals surface area contributed by atoms with Crippen molar-refractivity contribution in [2.45, 2.75) is 34.9 Å². The van der Waals surface area contributed by atoms with E-state index < -0.39 is 0 Å². The first kappa shape index (κ1) is 12.8. The predicted octanol–water partition coefficient (Wildman–Crippen LogP) is 3.85. The molecule has 0 spiro atoms. The Bertz CT molecular complexity index is 445. The highest BCUT2D eigenvalue weighted by molar-refractivity contribution is 8.00. The van der Waals surface area contributed by atoms with Crippen LogP contribution in [0.1, 0.15) is 30.9 Å². The van der Waals surface area contributed by atoms with Gasteiger partial charge in [-0.15, -0.1) is 11.8 Å². The number of rotatable bonds is 4. The van der Waals surface area contributed by atoms with Crippen LogP contribution in [0.2, 0.25) is 0 Å². The minimum atomic E-state index is -0.0602. The van der Waals surface area contributed by atoms with Crippen molar-refractivity contribution in [1.29, 1.82) is 0 Å². The number of nitrogens with one attached hydrogen (secondary N) is 1. The fourth-order valence-electron chi connectivity index (χ4n) is 2.50. The van der Waals surface area contributed by atoms with E-state index in [1.165, 1.54) is 12.8 Å². The molecular formula is C14H18FNS2. The maximum Gasteiger partial charge on any atom is 0.137 e. The van der Waals surface area contributed by atoms with Gasteiger partial charge in [-0.05, 0) is 42.9 Å². The van der Waals surface area contributed by atoms with Crippen molar-refractivity contribution in [1.82, 2.24) is 5.32 Å². The standard InChI is InChI=1S/C14H18FNS2/c1-17-14(6-7-14)9-16-12-5-8-18-13-10(12)3-2-4-11(13)15/h2-4,12,16H,5-9H2,1H3. The zero-order valence-electron chi connectivity index (χ0n) is 10.5. The molecule has 3 rings (SSSR count). The van der Waals surface area contributed by atoms with Crippen molar-refractivity contribution in [3.05, 3.63) is 29.6 Å². The first-order valence-corrected chi connectivity index (χ1v) is 8.65. The van der Waals surface area contributed by atoms with Crippen LogP contribution in [-0.4, -0.2) is 23.3 Å². The molecule has 0 aromatic heterocycles. The second-order valence-corrected chi connectivity index (χ2v) is 7.50. The fraction of sp³-hybridized carbons (Fsp3) is 0.571. The molecule has 2 aliphatic rings. The molecule has 1 aromatic rings. The van der Waals surface area contributed by atoms with E-state index in [9.17, 15) is 4.39 Å². The quantitative estimate of drug-likeness (QED) is 0.901. The van der Waals surface area contributed by atoms with Crippen molar-refractivity contribution in [3.63, 3.8) is 0 Å². The summed E-state index contributed by atoms with van der Waals surface area (Å²) in [5.41, 5.74) is 1.16. The molecule has 1 heterocycles. The van der Waals surface area contributed by atoms with Crippen LogP contribution in [0, 0.1) is 5.82 Å². The summed E-state index contributed by atoms with van der Waals surface area (Å²) in [4.78, 5) is 0.857. The van der Waals surface area contributed by atoms with Crippen LogP contribution < -0.4 is 5.32 Å². The monoisotopic (exact) mass is 283 g/mol. The minimum absolute atomic E-state index is 0.0602. The largest absolute Gasteiger partial charge is 0.308 e. The highest BCUT2D eigenvalue weighted by Gasteiger charge is 2.42. The number of halogens is 1. The Hall–Kier alpha value is -0.190. The van der Waals surface area contributed by atoms with Gasteiger partial charge >= 0.3 is 0 Å². The molecule has 1 nitrogen and oxygen atoms in total. The van der Waals surface area contributed by atoms with E-state index in [4.69, 9.17) is 0 Å². The van der Waals surface area contributed by atoms with Gasteiger partial charge in [0.05, 0.1) is 0 Å². The Kier molecular flexibility index (Phi) is 3.61. The molecule has 1 saturated carbocycles. The first-order valence-electron chi connectivity index (χ1n) is 6.44. The Morgan fingerprint density at radius 2 is 2.33 bits per heavy atom. The van der Waals surface area contributed by atoms with Crippen LogP contribution in [0.15, 0.2) is 23.1 Å². The minimum Gasteiger partial charge on any atom is -0.308 e. The smallest absolute Gasteiger partial charge is 0.137 e. The maximum absolute atomic E-state index is 13.7. The van der Waals surface area contributed by atoms with Crippen LogP contribution in [0.3, 0.4) is 0 Å². The topological polar surface area (TPSA) is 12.0 Å². The fourth-order valence-corrected chi connectivity index (χ4v) is 4.38. The van der Waals surface area contributed by atoms with Crippen LogP contribution in [0.25, 0.3) is 0 Å². The zero-order valence-corrected chi connectivity index (χ0v) is 12.2. The molecule has 0 saturated heterocycles. The number of hydrogen-bond acceptors (Lipinski definition) is 3. The number of thioether (sulfide) groups is 2. The molecule has 1 N–H and O–H groups in total. The summed E-state index contributed by atoms with van der Waals surface area (Å²) in [6, 6.07) is 5.80. The number of fused-ring (bicyclic) bond motifs is 1. The van der Waals surface area contributed by atoms with Gasteiger partial charge in [-0.25, -0.2) is 4.39 Å². The lowest BCUT2D eigenvalue weighted by Gasteiger charge is -2.28. The van der Waals surface area contributed by atoms with Crippen molar-refractivity contribution in [2.24, 2.45) is 0 Å². The van der Waals surface area contributed by atoms with Crippen LogP contribution in [-0.2, 0) is 0 Å². The van der Waals surface area contributed by atoms with Gasteiger partial charge in [-0.1, -0.05) is 12.1 Å². The molecule has 98 valence electrons. The molecule has 0 radical (unpaired) electrons. The highest BCUT2D eigenvalue weighted by atomic mass is 32.2. The van der Waals surface area contributed by atoms with E-state index in [0.29, 0.717) is 10.8 Å². The van der Waals surface area contributed by atoms with Gasteiger partial charge in [0.2, 0.25) is 0 Å². The molecule has 0 bridgehead atoms. The van der Waals surface area contributed by atoms with Gasteiger partial charge in [0.25, 0.3) is 0 Å². The Labute approximate surface area is 116 Å². The highest BCUT2D eigenvalue weighted by Crippen LogP contribution is 2.47. The van der Waals surface area contributed by atoms with Crippen LogP contribution >= 0.6 is 23.5 Å². The summed E-state index contributed by atoms with van der Waals surface area (Å²) in [6.45, 7) is 1.06. The summed E-state index contributed by atoms with van der Waals surface area (Å²) in [6.07, 6.45) is 5.93. The van der Waals surface area contributed by atoms with Gasteiger partial charge in [0.15, 0.2) is 0 Å². The normalized spacial score (nSPS) is 24.7. The van der Waals surface area contributed by atoms with E-state index in [1.807, 2.05) is 17.8 Å². The molecule has 1 aromatic carbocycles. The van der Waals surface area contributed by atoms with Crippen molar-refractivity contribution >= 4 is 23.5 Å². The van der Waals surface area contributed by atoms with E-state index in [-0.39, 0.29) is 5.82 Å². The van der Waals surface area contributed by atoms with E-state index in [0.717, 1.165) is 29.2 Å². The van der Waals surface area contributed by atoms with Gasteiger partial charge in [0.1, 0.15) is 5.82 Å². The summed E-state index contributed by atoms with van der Waals surface area (Å²) < 4.78 is 14.2. The molecule has 1 aliphatic heterocycles. The molecule has 1 aliphatic carbocycles. The van der Waals surface area contributed by atoms with Crippen molar-refractivity contribution < 1.29 is 4.39 Å². The summed E-state index contributed by atoms with van der Waals surface area (Å²) >= 11 is 3.62. The van der Waals surface area contributed by atoms with E-state index in [2.05, 4.69) is 17.6 Å². The van der Waals surface area contributed by atoms with Gasteiger partial charge in [-0.2, -0.15) is 11.8 Å². The van der Waals surface area contributed by atoms with E-state index >= 15 is 0 Å². The summed E-state index contributed by atoms with van der Waals surface area (Å²) in [5, 5.41) is 3.66. The molecule has 1 unspecified atom stereocenters. The lowest BCUT2D eigenvalue weighted by molar-refractivity contribution is 0.493. The van der Waals surface area contributed by atoms with Crippen LogP contribution in [0.4, 0.5) is 4.39 Å². The second-order valence-electron chi connectivity index (χ2n) is 5.12. The van der Waals surface area contributed by atoms with Crippen molar-refractivity contribution in [3.8, 4) is 0 Å². The average molecular weight is 283 g/mol. The number of hydrogen-bond donors (Lipinski definition) is 1. The molecular weight excluding hydrogens is 265 g/mol. The SMILES string of the molecule is CSC1(CNC2CCSc3c(F)cccc32)CC1. The maximum atomic E-state index is 13.7. The van der Waals surface area contributed by atoms with Gasteiger partial charge in [0, 0.05) is 22.2 Å². The number of benzene rings is 1. The molecule has 1 fully saturated rings. The zero-order chi connectivity index (χ0) is 12.6. The third-order valence-electron chi connectivity index (χ3n) is 3.94. The molecule has 1 atom stereocenters. The average Bonchev–Trinajstić information content (AvgIpc) is 3.18. The Balaban J connectivity index is 1.73. The second kappa shape index (κ2) is 5.06. The molecule has 0 amide bonds. The summed E-state index contributed by atoms with van der Waals surface area (Å²) in [5.74, 6) is 0.952. The lowest BCUT2D eigenvalue weighted by Crippen LogP contribution is -2.31. The van der Waals surface area contributed by atoms with Crippen molar-refractivity contribution in [2.75, 3.05) is 18.6 Å². The first-order chi connectivity index (χ1) is 8.74. The Morgan fingerprint density at radius 1 is 1.50 bits per heavy atom. The third kappa shape index (κ3) is 2.43.